The van der Waals surface area contributed by atoms with Crippen molar-refractivity contribution in [1.29, 1.82) is 0 Å². The fourth-order valence-electron chi connectivity index (χ4n) is 9.62. The van der Waals surface area contributed by atoms with Crippen LogP contribution in [0.1, 0.15) is 348 Å². The maximum atomic E-state index is 12.9. The first kappa shape index (κ1) is 71.4. The molecule has 0 aliphatic carbocycles. The number of unbranched alkanes of at least 4 members (excludes halogenated alkanes) is 41. The van der Waals surface area contributed by atoms with Crippen LogP contribution in [0.5, 0.6) is 0 Å². The summed E-state index contributed by atoms with van der Waals surface area (Å²) in [7, 11) is 0. The highest BCUT2D eigenvalue weighted by atomic mass is 16.6. The topological polar surface area (TPSA) is 78.9 Å². The number of rotatable bonds is 60. The van der Waals surface area contributed by atoms with Gasteiger partial charge in [0.2, 0.25) is 0 Å². The predicted octanol–water partition coefficient (Wildman–Crippen LogP) is 22.2. The third-order valence-electron chi connectivity index (χ3n) is 14.6. The highest BCUT2D eigenvalue weighted by molar-refractivity contribution is 5.71. The summed E-state index contributed by atoms with van der Waals surface area (Å²) >= 11 is 0. The monoisotopic (exact) mass is 1040 g/mol. The molecule has 0 N–H and O–H groups in total. The zero-order valence-electron chi connectivity index (χ0n) is 49.6. The zero-order chi connectivity index (χ0) is 53.6. The lowest BCUT2D eigenvalue weighted by Gasteiger charge is -2.18. The molecule has 6 nitrogen and oxygen atoms in total. The van der Waals surface area contributed by atoms with Crippen LogP contribution in [0.2, 0.25) is 0 Å². The van der Waals surface area contributed by atoms with Crippen LogP contribution in [0.25, 0.3) is 0 Å². The van der Waals surface area contributed by atoms with Gasteiger partial charge in [-0.05, 0) is 83.5 Å². The van der Waals surface area contributed by atoms with Crippen molar-refractivity contribution in [2.75, 3.05) is 13.2 Å². The summed E-state index contributed by atoms with van der Waals surface area (Å²) in [6, 6.07) is 0. The summed E-state index contributed by atoms with van der Waals surface area (Å²) in [5.74, 6) is -0.869. The van der Waals surface area contributed by atoms with Gasteiger partial charge in [0.25, 0.3) is 0 Å². The Labute approximate surface area is 460 Å². The molecule has 0 saturated heterocycles. The molecular formula is C68H124O6. The maximum absolute atomic E-state index is 12.9. The molecular weight excluding hydrogens is 913 g/mol. The van der Waals surface area contributed by atoms with Crippen LogP contribution in [-0.2, 0) is 28.6 Å². The highest BCUT2D eigenvalue weighted by Gasteiger charge is 2.19. The predicted molar refractivity (Wildman–Crippen MR) is 321 cm³/mol. The molecule has 0 aromatic heterocycles. The van der Waals surface area contributed by atoms with E-state index in [0.29, 0.717) is 19.3 Å². The summed E-state index contributed by atoms with van der Waals surface area (Å²) in [6.07, 6.45) is 78.4. The number of esters is 3. The smallest absolute Gasteiger partial charge is 0.306 e. The van der Waals surface area contributed by atoms with E-state index in [1.54, 1.807) is 0 Å². The molecule has 0 rings (SSSR count). The number of carbonyl (C=O) groups excluding carboxylic acids is 3. The Hall–Kier alpha value is -2.63. The largest absolute Gasteiger partial charge is 0.462 e. The molecule has 0 aliphatic heterocycles. The number of carbonyl (C=O) groups is 3. The van der Waals surface area contributed by atoms with Gasteiger partial charge >= 0.3 is 17.9 Å². The third kappa shape index (κ3) is 60.2. The normalized spacial score (nSPS) is 12.3. The van der Waals surface area contributed by atoms with Crippen molar-refractivity contribution in [1.82, 2.24) is 0 Å². The second-order valence-corrected chi connectivity index (χ2v) is 22.0. The standard InChI is InChI=1S/C68H124O6/c1-4-7-10-13-16-19-22-25-27-28-29-30-31-32-33-34-35-36-37-38-39-40-42-43-46-49-52-55-58-61-67(70)73-64-65(63-72-66(69)60-57-54-51-48-45-24-21-18-15-12-9-6-3)74-68(71)62-59-56-53-50-47-44-41-26-23-20-17-14-11-8-5-2/h17,20,22,25-26,28-29,41,65H,4-16,18-19,21,23-24,27,30-40,42-64H2,1-3H3/b20-17-,25-22-,29-28-,41-26-. The van der Waals surface area contributed by atoms with Crippen molar-refractivity contribution in [3.63, 3.8) is 0 Å². The summed E-state index contributed by atoms with van der Waals surface area (Å²) in [5, 5.41) is 0. The average molecular weight is 1040 g/mol. The fraction of sp³-hybridized carbons (Fsp3) is 0.838. The summed E-state index contributed by atoms with van der Waals surface area (Å²) in [4.78, 5) is 38.2. The van der Waals surface area contributed by atoms with Crippen molar-refractivity contribution in [3.8, 4) is 0 Å². The molecule has 1 atom stereocenters. The van der Waals surface area contributed by atoms with Gasteiger partial charge < -0.3 is 14.2 Å². The first-order valence-electron chi connectivity index (χ1n) is 32.6. The Morgan fingerprint density at radius 2 is 0.486 bits per heavy atom. The van der Waals surface area contributed by atoms with E-state index in [1.165, 1.54) is 218 Å². The second kappa shape index (κ2) is 62.9. The molecule has 0 aromatic carbocycles. The minimum absolute atomic E-state index is 0.0743. The molecule has 0 saturated carbocycles. The first-order valence-corrected chi connectivity index (χ1v) is 32.6. The maximum Gasteiger partial charge on any atom is 0.306 e. The van der Waals surface area contributed by atoms with Gasteiger partial charge in [-0.2, -0.15) is 0 Å². The van der Waals surface area contributed by atoms with Gasteiger partial charge in [0.15, 0.2) is 6.10 Å². The van der Waals surface area contributed by atoms with E-state index in [2.05, 4.69) is 69.4 Å². The van der Waals surface area contributed by atoms with Gasteiger partial charge in [-0.1, -0.05) is 294 Å². The van der Waals surface area contributed by atoms with E-state index in [9.17, 15) is 14.4 Å². The lowest BCUT2D eigenvalue weighted by Crippen LogP contribution is -2.30. The lowest BCUT2D eigenvalue weighted by atomic mass is 10.0. The number of hydrogen-bond donors (Lipinski definition) is 0. The van der Waals surface area contributed by atoms with Crippen LogP contribution in [0, 0.1) is 0 Å². The molecule has 0 amide bonds. The molecule has 0 fully saturated rings. The molecule has 6 heteroatoms. The zero-order valence-corrected chi connectivity index (χ0v) is 49.6. The van der Waals surface area contributed by atoms with E-state index in [0.717, 1.165) is 89.9 Å². The third-order valence-corrected chi connectivity index (χ3v) is 14.6. The molecule has 0 radical (unpaired) electrons. The van der Waals surface area contributed by atoms with E-state index >= 15 is 0 Å². The second-order valence-electron chi connectivity index (χ2n) is 22.0. The Bertz CT molecular complexity index is 1280. The number of allylic oxidation sites excluding steroid dienone is 8. The molecule has 0 aromatic rings. The molecule has 1 unspecified atom stereocenters. The van der Waals surface area contributed by atoms with Crippen molar-refractivity contribution in [2.24, 2.45) is 0 Å². The van der Waals surface area contributed by atoms with Gasteiger partial charge in [-0.25, -0.2) is 0 Å². The van der Waals surface area contributed by atoms with Crippen molar-refractivity contribution in [3.05, 3.63) is 48.6 Å². The van der Waals surface area contributed by atoms with Gasteiger partial charge in [0, 0.05) is 19.3 Å². The Kier molecular flexibility index (Phi) is 60.7. The van der Waals surface area contributed by atoms with Crippen LogP contribution >= 0.6 is 0 Å². The lowest BCUT2D eigenvalue weighted by molar-refractivity contribution is -0.167. The molecule has 432 valence electrons. The Morgan fingerprint density at radius 1 is 0.270 bits per heavy atom. The van der Waals surface area contributed by atoms with Crippen LogP contribution in [0.15, 0.2) is 48.6 Å². The Balaban J connectivity index is 4.16. The SMILES string of the molecule is CCCCC/C=C\C/C=C\CCCCCCCC(=O)OC(COC(=O)CCCCCCCCCCCCCC)COC(=O)CCCCCCCCCCCCCCCCCCC/C=C\C/C=C\CCCCCCC. The van der Waals surface area contributed by atoms with E-state index in [4.69, 9.17) is 14.2 Å². The van der Waals surface area contributed by atoms with E-state index in [-0.39, 0.29) is 31.1 Å². The van der Waals surface area contributed by atoms with Gasteiger partial charge in [0.1, 0.15) is 13.2 Å². The van der Waals surface area contributed by atoms with Crippen LogP contribution in [-0.4, -0.2) is 37.2 Å². The van der Waals surface area contributed by atoms with Crippen molar-refractivity contribution in [2.45, 2.75) is 354 Å². The summed E-state index contributed by atoms with van der Waals surface area (Å²) in [6.45, 7) is 6.63. The Morgan fingerprint density at radius 3 is 0.770 bits per heavy atom. The van der Waals surface area contributed by atoms with Gasteiger partial charge in [-0.15, -0.1) is 0 Å². The molecule has 0 aliphatic rings. The highest BCUT2D eigenvalue weighted by Crippen LogP contribution is 2.17. The van der Waals surface area contributed by atoms with E-state index in [1.807, 2.05) is 0 Å². The van der Waals surface area contributed by atoms with E-state index < -0.39 is 6.10 Å². The van der Waals surface area contributed by atoms with Crippen molar-refractivity contribution < 1.29 is 28.6 Å². The molecule has 0 bridgehead atoms. The first-order chi connectivity index (χ1) is 36.5. The molecule has 74 heavy (non-hydrogen) atoms. The summed E-state index contributed by atoms with van der Waals surface area (Å²) in [5.41, 5.74) is 0. The quantitative estimate of drug-likeness (QED) is 0.0261. The van der Waals surface area contributed by atoms with Crippen LogP contribution in [0.4, 0.5) is 0 Å². The molecule has 0 heterocycles. The minimum Gasteiger partial charge on any atom is -0.462 e. The summed E-state index contributed by atoms with van der Waals surface area (Å²) < 4.78 is 16.9. The number of ether oxygens (including phenoxy) is 3. The minimum atomic E-state index is -0.777. The average Bonchev–Trinajstić information content (AvgIpc) is 3.40. The molecule has 0 spiro atoms. The fourth-order valence-corrected chi connectivity index (χ4v) is 9.62. The van der Waals surface area contributed by atoms with Gasteiger partial charge in [-0.3, -0.25) is 14.4 Å². The van der Waals surface area contributed by atoms with Crippen LogP contribution < -0.4 is 0 Å². The van der Waals surface area contributed by atoms with Crippen molar-refractivity contribution >= 4 is 17.9 Å². The van der Waals surface area contributed by atoms with Crippen LogP contribution in [0.3, 0.4) is 0 Å². The van der Waals surface area contributed by atoms with Gasteiger partial charge in [0.05, 0.1) is 0 Å². The number of hydrogen-bond acceptors (Lipinski definition) is 6.